The Morgan fingerprint density at radius 3 is 2.61 bits per heavy atom. The number of hydrogen-bond acceptors (Lipinski definition) is 3. The van der Waals surface area contributed by atoms with Crippen molar-refractivity contribution in [2.45, 2.75) is 38.5 Å². The maximum absolute atomic E-state index is 11.8. The highest BCUT2D eigenvalue weighted by molar-refractivity contribution is 6.30. The minimum Gasteiger partial charge on any atom is -0.380 e. The smallest absolute Gasteiger partial charge is 0.315 e. The minimum absolute atomic E-state index is 0.0296. The second kappa shape index (κ2) is 9.11. The van der Waals surface area contributed by atoms with Gasteiger partial charge in [0.15, 0.2) is 0 Å². The van der Waals surface area contributed by atoms with Gasteiger partial charge in [0.05, 0.1) is 6.10 Å². The van der Waals surface area contributed by atoms with Crippen LogP contribution in [0.15, 0.2) is 24.3 Å². The summed E-state index contributed by atoms with van der Waals surface area (Å²) >= 11 is 5.91. The number of likely N-dealkylation sites (tertiary alicyclic amines) is 1. The molecular weight excluding hydrogens is 314 g/mol. The highest BCUT2D eigenvalue weighted by atomic mass is 35.5. The zero-order valence-corrected chi connectivity index (χ0v) is 14.6. The fraction of sp³-hybridized carbons (Fsp3) is 0.588. The Bertz CT molecular complexity index is 487. The molecule has 2 amide bonds. The van der Waals surface area contributed by atoms with Crippen molar-refractivity contribution in [3.8, 4) is 0 Å². The molecule has 1 saturated heterocycles. The number of nitrogens with one attached hydrogen (secondary N) is 2. The number of urea groups is 1. The van der Waals surface area contributed by atoms with Crippen LogP contribution in [0.2, 0.25) is 5.02 Å². The number of methoxy groups -OCH3 is 1. The van der Waals surface area contributed by atoms with Crippen LogP contribution in [-0.2, 0) is 11.3 Å². The molecule has 0 radical (unpaired) electrons. The van der Waals surface area contributed by atoms with Crippen molar-refractivity contribution >= 4 is 17.6 Å². The molecule has 0 bridgehead atoms. The molecule has 0 saturated carbocycles. The van der Waals surface area contributed by atoms with Gasteiger partial charge in [-0.15, -0.1) is 0 Å². The van der Waals surface area contributed by atoms with E-state index >= 15 is 0 Å². The molecular formula is C17H26ClN3O2. The number of carbonyl (C=O) groups is 1. The van der Waals surface area contributed by atoms with Gasteiger partial charge in [-0.2, -0.15) is 0 Å². The standard InChI is InChI=1S/C17H26ClN3O2/c1-13(23-2)11-19-17(22)20-16-7-9-21(10-8-16)12-14-3-5-15(18)6-4-14/h3-6,13,16H,7-12H2,1-2H3,(H2,19,20,22)/t13-/m1/s1. The van der Waals surface area contributed by atoms with Crippen molar-refractivity contribution < 1.29 is 9.53 Å². The van der Waals surface area contributed by atoms with Crippen LogP contribution in [0, 0.1) is 0 Å². The van der Waals surface area contributed by atoms with E-state index < -0.39 is 0 Å². The Hall–Kier alpha value is -1.30. The number of piperidine rings is 1. The average Bonchev–Trinajstić information content (AvgIpc) is 2.56. The molecule has 0 spiro atoms. The number of hydrogen-bond donors (Lipinski definition) is 2. The van der Waals surface area contributed by atoms with Gasteiger partial charge in [-0.3, -0.25) is 4.90 Å². The van der Waals surface area contributed by atoms with Crippen LogP contribution in [0.1, 0.15) is 25.3 Å². The number of amides is 2. The quantitative estimate of drug-likeness (QED) is 0.837. The Morgan fingerprint density at radius 2 is 2.00 bits per heavy atom. The first-order valence-electron chi connectivity index (χ1n) is 8.10. The van der Waals surface area contributed by atoms with Gasteiger partial charge >= 0.3 is 6.03 Å². The lowest BCUT2D eigenvalue weighted by Gasteiger charge is -2.32. The predicted octanol–water partition coefficient (Wildman–Crippen LogP) is 2.64. The second-order valence-corrected chi connectivity index (χ2v) is 6.51. The zero-order valence-electron chi connectivity index (χ0n) is 13.8. The Kier molecular flexibility index (Phi) is 7.15. The van der Waals surface area contributed by atoms with Crippen LogP contribution in [0.4, 0.5) is 4.79 Å². The van der Waals surface area contributed by atoms with Gasteiger partial charge in [0.1, 0.15) is 0 Å². The van der Waals surface area contributed by atoms with E-state index in [4.69, 9.17) is 16.3 Å². The number of carbonyl (C=O) groups excluding carboxylic acids is 1. The molecule has 1 atom stereocenters. The molecule has 5 nitrogen and oxygen atoms in total. The fourth-order valence-corrected chi connectivity index (χ4v) is 2.77. The van der Waals surface area contributed by atoms with Crippen LogP contribution in [0.3, 0.4) is 0 Å². The predicted molar refractivity (Wildman–Crippen MR) is 92.8 cm³/mol. The lowest BCUT2D eigenvalue weighted by molar-refractivity contribution is 0.118. The molecule has 1 aromatic carbocycles. The minimum atomic E-state index is -0.106. The molecule has 1 aromatic rings. The number of nitrogens with zero attached hydrogens (tertiary/aromatic N) is 1. The van der Waals surface area contributed by atoms with Gasteiger partial charge in [-0.1, -0.05) is 23.7 Å². The van der Waals surface area contributed by atoms with E-state index in [1.165, 1.54) is 5.56 Å². The lowest BCUT2D eigenvalue weighted by atomic mass is 10.0. The summed E-state index contributed by atoms with van der Waals surface area (Å²) in [7, 11) is 1.64. The summed E-state index contributed by atoms with van der Waals surface area (Å²) in [4.78, 5) is 14.2. The summed E-state index contributed by atoms with van der Waals surface area (Å²) in [5, 5.41) is 6.65. The molecule has 1 fully saturated rings. The summed E-state index contributed by atoms with van der Waals surface area (Å²) in [5.74, 6) is 0. The van der Waals surface area contributed by atoms with Crippen LogP contribution in [0.25, 0.3) is 0 Å². The van der Waals surface area contributed by atoms with E-state index in [0.29, 0.717) is 6.54 Å². The molecule has 1 aliphatic rings. The second-order valence-electron chi connectivity index (χ2n) is 6.08. The van der Waals surface area contributed by atoms with Gasteiger partial charge in [0.2, 0.25) is 0 Å². The first-order valence-corrected chi connectivity index (χ1v) is 8.48. The summed E-state index contributed by atoms with van der Waals surface area (Å²) in [6.45, 7) is 5.36. The number of rotatable bonds is 6. The van der Waals surface area contributed by atoms with Gasteiger partial charge in [0.25, 0.3) is 0 Å². The van der Waals surface area contributed by atoms with Gasteiger partial charge in [-0.25, -0.2) is 4.79 Å². The number of benzene rings is 1. The highest BCUT2D eigenvalue weighted by Gasteiger charge is 2.20. The summed E-state index contributed by atoms with van der Waals surface area (Å²) < 4.78 is 5.11. The van der Waals surface area contributed by atoms with Crippen molar-refractivity contribution in [2.75, 3.05) is 26.7 Å². The van der Waals surface area contributed by atoms with Crippen LogP contribution >= 0.6 is 11.6 Å². The van der Waals surface area contributed by atoms with E-state index in [0.717, 1.165) is 37.5 Å². The molecule has 0 aliphatic carbocycles. The highest BCUT2D eigenvalue weighted by Crippen LogP contribution is 2.15. The van der Waals surface area contributed by atoms with Crippen molar-refractivity contribution in [2.24, 2.45) is 0 Å². The molecule has 0 aromatic heterocycles. The fourth-order valence-electron chi connectivity index (χ4n) is 2.64. The number of ether oxygens (including phenoxy) is 1. The van der Waals surface area contributed by atoms with Gasteiger partial charge < -0.3 is 15.4 Å². The Labute approximate surface area is 143 Å². The first-order chi connectivity index (χ1) is 11.1. The Balaban J connectivity index is 1.67. The van der Waals surface area contributed by atoms with Crippen LogP contribution in [0.5, 0.6) is 0 Å². The third-order valence-corrected chi connectivity index (χ3v) is 4.45. The molecule has 1 aliphatic heterocycles. The van der Waals surface area contributed by atoms with Crippen molar-refractivity contribution in [1.82, 2.24) is 15.5 Å². The lowest BCUT2D eigenvalue weighted by Crippen LogP contribution is -2.48. The molecule has 2 rings (SSSR count). The molecule has 1 heterocycles. The van der Waals surface area contributed by atoms with Crippen LogP contribution < -0.4 is 10.6 Å². The van der Waals surface area contributed by atoms with E-state index in [2.05, 4.69) is 27.7 Å². The van der Waals surface area contributed by atoms with E-state index in [-0.39, 0.29) is 18.2 Å². The third kappa shape index (κ3) is 6.37. The monoisotopic (exact) mass is 339 g/mol. The van der Waals surface area contributed by atoms with E-state index in [1.807, 2.05) is 19.1 Å². The van der Waals surface area contributed by atoms with Gasteiger partial charge in [-0.05, 0) is 37.5 Å². The van der Waals surface area contributed by atoms with E-state index in [9.17, 15) is 4.79 Å². The molecule has 23 heavy (non-hydrogen) atoms. The molecule has 2 N–H and O–H groups in total. The van der Waals surface area contributed by atoms with Crippen molar-refractivity contribution in [1.29, 1.82) is 0 Å². The van der Waals surface area contributed by atoms with Crippen molar-refractivity contribution in [3.63, 3.8) is 0 Å². The normalized spacial score (nSPS) is 17.7. The van der Waals surface area contributed by atoms with Crippen molar-refractivity contribution in [3.05, 3.63) is 34.9 Å². The molecule has 128 valence electrons. The SMILES string of the molecule is CO[C@H](C)CNC(=O)NC1CCN(Cc2ccc(Cl)cc2)CC1. The third-order valence-electron chi connectivity index (χ3n) is 4.19. The van der Waals surface area contributed by atoms with Crippen LogP contribution in [-0.4, -0.2) is 49.8 Å². The van der Waals surface area contributed by atoms with Gasteiger partial charge in [0, 0.05) is 44.4 Å². The first kappa shape index (κ1) is 18.0. The number of halogens is 1. The largest absolute Gasteiger partial charge is 0.380 e. The summed E-state index contributed by atoms with van der Waals surface area (Å²) in [6, 6.07) is 8.13. The van der Waals surface area contributed by atoms with E-state index in [1.54, 1.807) is 7.11 Å². The zero-order chi connectivity index (χ0) is 16.7. The maximum Gasteiger partial charge on any atom is 0.315 e. The maximum atomic E-state index is 11.8. The topological polar surface area (TPSA) is 53.6 Å². The summed E-state index contributed by atoms with van der Waals surface area (Å²) in [5.41, 5.74) is 1.27. The Morgan fingerprint density at radius 1 is 1.35 bits per heavy atom. The molecule has 6 heteroatoms. The average molecular weight is 340 g/mol. The molecule has 0 unspecified atom stereocenters. The summed E-state index contributed by atoms with van der Waals surface area (Å²) in [6.07, 6.45) is 1.98.